The molecule has 0 saturated heterocycles. The molecule has 7 nitrogen and oxygen atoms in total. The van der Waals surface area contributed by atoms with E-state index >= 15 is 0 Å². The number of nitrogens with zero attached hydrogens (tertiary/aromatic N) is 2. The summed E-state index contributed by atoms with van der Waals surface area (Å²) >= 11 is 0. The Bertz CT molecular complexity index is 1130. The first kappa shape index (κ1) is 24.3. The SMILES string of the molecule is COC(=O)CN(C(=O)[C@H]1Cc2ccccc2N1C(=O)OC1CCCCC1)[C@@H]1CCc2ccccc2C1. The van der Waals surface area contributed by atoms with Gasteiger partial charge in [-0.2, -0.15) is 0 Å². The average molecular weight is 491 g/mol. The summed E-state index contributed by atoms with van der Waals surface area (Å²) < 4.78 is 10.9. The lowest BCUT2D eigenvalue weighted by molar-refractivity contribution is -0.149. The number of carbonyl (C=O) groups is 3. The number of carbonyl (C=O) groups excluding carboxylic acids is 3. The molecule has 2 atom stereocenters. The second-order valence-electron chi connectivity index (χ2n) is 10.1. The quantitative estimate of drug-likeness (QED) is 0.579. The van der Waals surface area contributed by atoms with Crippen molar-refractivity contribution in [2.45, 2.75) is 76.0 Å². The number of methoxy groups -OCH3 is 1. The van der Waals surface area contributed by atoms with E-state index in [1.165, 1.54) is 23.1 Å². The lowest BCUT2D eigenvalue weighted by atomic mass is 9.87. The van der Waals surface area contributed by atoms with E-state index in [1.807, 2.05) is 36.4 Å². The monoisotopic (exact) mass is 490 g/mol. The highest BCUT2D eigenvalue weighted by molar-refractivity contribution is 6.01. The van der Waals surface area contributed by atoms with Crippen LogP contribution in [0.4, 0.5) is 10.5 Å². The molecule has 0 bridgehead atoms. The summed E-state index contributed by atoms with van der Waals surface area (Å²) in [6.07, 6.45) is 7.05. The summed E-state index contributed by atoms with van der Waals surface area (Å²) in [4.78, 5) is 43.2. The summed E-state index contributed by atoms with van der Waals surface area (Å²) in [5, 5.41) is 0. The van der Waals surface area contributed by atoms with Crippen molar-refractivity contribution < 1.29 is 23.9 Å². The number of para-hydroxylation sites is 1. The number of rotatable bonds is 5. The maximum Gasteiger partial charge on any atom is 0.415 e. The van der Waals surface area contributed by atoms with E-state index in [0.29, 0.717) is 18.5 Å². The van der Waals surface area contributed by atoms with Crippen molar-refractivity contribution in [2.24, 2.45) is 0 Å². The molecule has 3 aliphatic rings. The van der Waals surface area contributed by atoms with Gasteiger partial charge in [0.1, 0.15) is 18.7 Å². The molecule has 0 unspecified atom stereocenters. The first-order chi connectivity index (χ1) is 17.5. The number of benzene rings is 2. The van der Waals surface area contributed by atoms with E-state index in [2.05, 4.69) is 12.1 Å². The molecule has 1 heterocycles. The van der Waals surface area contributed by atoms with E-state index in [9.17, 15) is 14.4 Å². The van der Waals surface area contributed by atoms with Crippen molar-refractivity contribution in [3.8, 4) is 0 Å². The van der Waals surface area contributed by atoms with Crippen LogP contribution < -0.4 is 4.90 Å². The zero-order chi connectivity index (χ0) is 25.1. The Balaban J connectivity index is 1.42. The van der Waals surface area contributed by atoms with Gasteiger partial charge in [0.15, 0.2) is 0 Å². The Morgan fingerprint density at radius 1 is 0.889 bits per heavy atom. The number of hydrogen-bond donors (Lipinski definition) is 0. The van der Waals surface area contributed by atoms with Gasteiger partial charge in [-0.25, -0.2) is 4.79 Å². The average Bonchev–Trinajstić information content (AvgIpc) is 3.31. The summed E-state index contributed by atoms with van der Waals surface area (Å²) in [6.45, 7) is -0.138. The molecule has 7 heteroatoms. The first-order valence-corrected chi connectivity index (χ1v) is 13.1. The first-order valence-electron chi connectivity index (χ1n) is 13.1. The van der Waals surface area contributed by atoms with E-state index in [4.69, 9.17) is 9.47 Å². The van der Waals surface area contributed by atoms with Crippen LogP contribution in [-0.4, -0.2) is 54.7 Å². The van der Waals surface area contributed by atoms with Gasteiger partial charge in [-0.05, 0) is 67.7 Å². The van der Waals surface area contributed by atoms with Crippen LogP contribution >= 0.6 is 0 Å². The van der Waals surface area contributed by atoms with Gasteiger partial charge in [0, 0.05) is 12.5 Å². The predicted molar refractivity (Wildman–Crippen MR) is 136 cm³/mol. The molecule has 0 N–H and O–H groups in total. The number of amides is 2. The normalized spacial score (nSPS) is 21.3. The number of fused-ring (bicyclic) bond motifs is 2. The Hall–Kier alpha value is -3.35. The number of ether oxygens (including phenoxy) is 2. The maximum atomic E-state index is 14.2. The van der Waals surface area contributed by atoms with Crippen molar-refractivity contribution in [2.75, 3.05) is 18.6 Å². The standard InChI is InChI=1S/C29H34N2O5/c1-35-27(32)19-30(23-16-15-20-9-5-6-10-21(20)17-23)28(33)26-18-22-11-7-8-14-25(22)31(26)29(34)36-24-12-3-2-4-13-24/h5-11,14,23-24,26H,2-4,12-13,15-19H2,1H3/t23-,26-/m1/s1. The summed E-state index contributed by atoms with van der Waals surface area (Å²) in [6, 6.07) is 14.9. The van der Waals surface area contributed by atoms with Gasteiger partial charge < -0.3 is 14.4 Å². The lowest BCUT2D eigenvalue weighted by Crippen LogP contribution is -2.55. The second kappa shape index (κ2) is 10.7. The molecule has 2 amide bonds. The maximum absolute atomic E-state index is 14.2. The zero-order valence-corrected chi connectivity index (χ0v) is 20.9. The Morgan fingerprint density at radius 3 is 2.33 bits per heavy atom. The summed E-state index contributed by atoms with van der Waals surface area (Å²) in [5.41, 5.74) is 4.12. The molecular weight excluding hydrogens is 456 g/mol. The minimum absolute atomic E-state index is 0.115. The van der Waals surface area contributed by atoms with Gasteiger partial charge in [0.2, 0.25) is 5.91 Å². The minimum Gasteiger partial charge on any atom is -0.468 e. The topological polar surface area (TPSA) is 76.2 Å². The molecule has 5 rings (SSSR count). The Morgan fingerprint density at radius 2 is 1.58 bits per heavy atom. The highest BCUT2D eigenvalue weighted by atomic mass is 16.6. The van der Waals surface area contributed by atoms with Crippen LogP contribution in [0.25, 0.3) is 0 Å². The van der Waals surface area contributed by atoms with Crippen LogP contribution in [0.1, 0.15) is 55.2 Å². The lowest BCUT2D eigenvalue weighted by Gasteiger charge is -2.37. The van der Waals surface area contributed by atoms with Crippen LogP contribution in [-0.2, 0) is 38.3 Å². The van der Waals surface area contributed by atoms with Crippen LogP contribution in [0.5, 0.6) is 0 Å². The fraction of sp³-hybridized carbons (Fsp3) is 0.483. The zero-order valence-electron chi connectivity index (χ0n) is 20.9. The smallest absolute Gasteiger partial charge is 0.415 e. The molecule has 2 aromatic rings. The van der Waals surface area contributed by atoms with Crippen molar-refractivity contribution in [1.29, 1.82) is 0 Å². The number of hydrogen-bond acceptors (Lipinski definition) is 5. The van der Waals surface area contributed by atoms with Crippen molar-refractivity contribution in [3.63, 3.8) is 0 Å². The number of aryl methyl sites for hydroxylation is 1. The molecule has 190 valence electrons. The van der Waals surface area contributed by atoms with E-state index in [1.54, 1.807) is 4.90 Å². The molecule has 0 aromatic heterocycles. The van der Waals surface area contributed by atoms with Gasteiger partial charge in [0.05, 0.1) is 12.8 Å². The second-order valence-corrected chi connectivity index (χ2v) is 10.1. The Labute approximate surface area is 212 Å². The predicted octanol–water partition coefficient (Wildman–Crippen LogP) is 4.45. The van der Waals surface area contributed by atoms with Crippen LogP contribution in [0.3, 0.4) is 0 Å². The van der Waals surface area contributed by atoms with Gasteiger partial charge in [0.25, 0.3) is 0 Å². The van der Waals surface area contributed by atoms with Gasteiger partial charge in [-0.15, -0.1) is 0 Å². The van der Waals surface area contributed by atoms with Crippen molar-refractivity contribution in [3.05, 3.63) is 65.2 Å². The van der Waals surface area contributed by atoms with E-state index in [-0.39, 0.29) is 24.6 Å². The Kier molecular flexibility index (Phi) is 7.25. The third-order valence-electron chi connectivity index (χ3n) is 7.85. The summed E-state index contributed by atoms with van der Waals surface area (Å²) in [7, 11) is 1.33. The highest BCUT2D eigenvalue weighted by Gasteiger charge is 2.44. The van der Waals surface area contributed by atoms with Gasteiger partial charge in [-0.1, -0.05) is 48.9 Å². The molecule has 36 heavy (non-hydrogen) atoms. The van der Waals surface area contributed by atoms with E-state index in [0.717, 1.165) is 50.5 Å². The largest absolute Gasteiger partial charge is 0.468 e. The molecular formula is C29H34N2O5. The molecule has 2 aliphatic carbocycles. The molecule has 1 aliphatic heterocycles. The van der Waals surface area contributed by atoms with Crippen LogP contribution in [0.15, 0.2) is 48.5 Å². The minimum atomic E-state index is -0.750. The van der Waals surface area contributed by atoms with Crippen molar-refractivity contribution in [1.82, 2.24) is 4.90 Å². The fourth-order valence-electron chi connectivity index (χ4n) is 5.92. The third-order valence-corrected chi connectivity index (χ3v) is 7.85. The molecule has 1 fully saturated rings. The van der Waals surface area contributed by atoms with E-state index < -0.39 is 18.1 Å². The van der Waals surface area contributed by atoms with Gasteiger partial charge in [-0.3, -0.25) is 14.5 Å². The summed E-state index contributed by atoms with van der Waals surface area (Å²) in [5.74, 6) is -0.698. The van der Waals surface area contributed by atoms with Crippen molar-refractivity contribution >= 4 is 23.7 Å². The molecule has 0 radical (unpaired) electrons. The fourth-order valence-corrected chi connectivity index (χ4v) is 5.92. The van der Waals surface area contributed by atoms with Gasteiger partial charge >= 0.3 is 12.1 Å². The molecule has 0 spiro atoms. The number of esters is 1. The van der Waals surface area contributed by atoms with Crippen LogP contribution in [0, 0.1) is 0 Å². The van der Waals surface area contributed by atoms with Crippen LogP contribution in [0.2, 0.25) is 0 Å². The number of anilines is 1. The third kappa shape index (κ3) is 4.97. The molecule has 2 aromatic carbocycles. The highest BCUT2D eigenvalue weighted by Crippen LogP contribution is 2.35. The molecule has 1 saturated carbocycles.